The van der Waals surface area contributed by atoms with Gasteiger partial charge in [-0.3, -0.25) is 4.79 Å². The third-order valence-corrected chi connectivity index (χ3v) is 8.75. The van der Waals surface area contributed by atoms with Crippen molar-refractivity contribution in [3.8, 4) is 11.3 Å². The van der Waals surface area contributed by atoms with E-state index in [4.69, 9.17) is 4.98 Å². The Morgan fingerprint density at radius 1 is 1.21 bits per heavy atom. The summed E-state index contributed by atoms with van der Waals surface area (Å²) in [6.07, 6.45) is 0.448. The first kappa shape index (κ1) is 25.4. The highest BCUT2D eigenvalue weighted by Crippen LogP contribution is 2.44. The molecular formula is C25H33BrN4O3S. The number of amides is 1. The Bertz CT molecular complexity index is 1100. The van der Waals surface area contributed by atoms with E-state index in [-0.39, 0.29) is 18.6 Å². The van der Waals surface area contributed by atoms with Gasteiger partial charge in [0.2, 0.25) is 0 Å². The molecule has 1 amide bonds. The van der Waals surface area contributed by atoms with E-state index in [0.717, 1.165) is 39.9 Å². The summed E-state index contributed by atoms with van der Waals surface area (Å²) >= 11 is 3.56. The van der Waals surface area contributed by atoms with Crippen LogP contribution in [0, 0.1) is 0 Å². The SMILES string of the molecule is CN1CCN(C(=O)c2cc3c(c(-c4cccc(Br)c4)n2)[C@@H](CCO)N(S(=O)C(C)(C)C)C3)CC1. The number of hydrogen-bond donors (Lipinski definition) is 1. The molecule has 3 heterocycles. The minimum absolute atomic E-state index is 0.0259. The Hall–Kier alpha value is -1.65. The molecule has 7 nitrogen and oxygen atoms in total. The zero-order valence-electron chi connectivity index (χ0n) is 20.3. The third kappa shape index (κ3) is 5.14. The monoisotopic (exact) mass is 548 g/mol. The van der Waals surface area contributed by atoms with Crippen LogP contribution in [0.15, 0.2) is 34.8 Å². The highest BCUT2D eigenvalue weighted by atomic mass is 79.9. The Labute approximate surface area is 212 Å². The molecule has 0 aliphatic carbocycles. The lowest BCUT2D eigenvalue weighted by atomic mass is 9.96. The molecule has 34 heavy (non-hydrogen) atoms. The Morgan fingerprint density at radius 3 is 2.53 bits per heavy atom. The van der Waals surface area contributed by atoms with Crippen molar-refractivity contribution >= 4 is 32.8 Å². The van der Waals surface area contributed by atoms with Crippen molar-refractivity contribution in [1.82, 2.24) is 19.1 Å². The largest absolute Gasteiger partial charge is 0.396 e. The number of benzene rings is 1. The minimum Gasteiger partial charge on any atom is -0.396 e. The fraction of sp³-hybridized carbons (Fsp3) is 0.520. The molecule has 0 spiro atoms. The first-order valence-corrected chi connectivity index (χ1v) is 13.6. The van der Waals surface area contributed by atoms with Crippen LogP contribution in [-0.2, 0) is 17.5 Å². The average Bonchev–Trinajstić information content (AvgIpc) is 3.15. The van der Waals surface area contributed by atoms with Gasteiger partial charge in [0.25, 0.3) is 5.91 Å². The van der Waals surface area contributed by atoms with E-state index in [2.05, 4.69) is 27.9 Å². The summed E-state index contributed by atoms with van der Waals surface area (Å²) in [6.45, 7) is 9.32. The Morgan fingerprint density at radius 2 is 1.91 bits per heavy atom. The molecular weight excluding hydrogens is 516 g/mol. The third-order valence-electron chi connectivity index (χ3n) is 6.40. The maximum atomic E-state index is 13.5. The molecule has 4 rings (SSSR count). The standard InChI is InChI=1S/C25H33BrN4O3S/c1-25(2,3)34(33)30-16-18-15-20(24(32)29-11-9-28(4)10-12-29)27-23(22(18)21(30)8-13-31)17-6-5-7-19(26)14-17/h5-7,14-15,21,31H,8-13,16H2,1-4H3/t21-,34?/m1/s1. The van der Waals surface area contributed by atoms with Gasteiger partial charge in [-0.1, -0.05) is 28.1 Å². The van der Waals surface area contributed by atoms with Crippen LogP contribution in [0.25, 0.3) is 11.3 Å². The summed E-state index contributed by atoms with van der Waals surface area (Å²) in [4.78, 5) is 22.4. The van der Waals surface area contributed by atoms with E-state index in [0.29, 0.717) is 31.7 Å². The summed E-state index contributed by atoms with van der Waals surface area (Å²) in [5.41, 5.74) is 3.95. The molecule has 2 aliphatic heterocycles. The van der Waals surface area contributed by atoms with Crippen molar-refractivity contribution in [3.63, 3.8) is 0 Å². The Kier molecular flexibility index (Phi) is 7.59. The second-order valence-corrected chi connectivity index (χ2v) is 13.1. The van der Waals surface area contributed by atoms with E-state index in [1.807, 2.05) is 60.3 Å². The number of carbonyl (C=O) groups is 1. The molecule has 0 bridgehead atoms. The van der Waals surface area contributed by atoms with Crippen molar-refractivity contribution in [2.24, 2.45) is 0 Å². The van der Waals surface area contributed by atoms with Gasteiger partial charge in [0.05, 0.1) is 16.5 Å². The molecule has 1 fully saturated rings. The Balaban J connectivity index is 1.83. The fourth-order valence-corrected chi connectivity index (χ4v) is 6.41. The molecule has 9 heteroatoms. The van der Waals surface area contributed by atoms with Crippen LogP contribution in [0.4, 0.5) is 0 Å². The van der Waals surface area contributed by atoms with E-state index >= 15 is 0 Å². The van der Waals surface area contributed by atoms with Gasteiger partial charge in [-0.25, -0.2) is 13.5 Å². The number of aliphatic hydroxyl groups is 1. The first-order chi connectivity index (χ1) is 16.1. The molecule has 1 unspecified atom stereocenters. The van der Waals surface area contributed by atoms with Gasteiger partial charge in [-0.15, -0.1) is 0 Å². The van der Waals surface area contributed by atoms with Crippen molar-refractivity contribution in [2.45, 2.75) is 44.5 Å². The number of carbonyl (C=O) groups excluding carboxylic acids is 1. The highest BCUT2D eigenvalue weighted by molar-refractivity contribution is 9.10. The lowest BCUT2D eigenvalue weighted by Crippen LogP contribution is -2.47. The van der Waals surface area contributed by atoms with Crippen LogP contribution in [0.3, 0.4) is 0 Å². The number of fused-ring (bicyclic) bond motifs is 1. The number of likely N-dealkylation sites (N-methyl/N-ethyl adjacent to an activating group) is 1. The number of nitrogens with zero attached hydrogens (tertiary/aromatic N) is 4. The number of aromatic nitrogens is 1. The van der Waals surface area contributed by atoms with Crippen LogP contribution < -0.4 is 0 Å². The number of rotatable bonds is 5. The maximum Gasteiger partial charge on any atom is 0.272 e. The number of halogens is 1. The van der Waals surface area contributed by atoms with Crippen molar-refractivity contribution < 1.29 is 14.1 Å². The van der Waals surface area contributed by atoms with Gasteiger partial charge in [0.1, 0.15) is 16.7 Å². The average molecular weight is 550 g/mol. The summed E-state index contributed by atoms with van der Waals surface area (Å²) in [5, 5.41) is 9.88. The lowest BCUT2D eigenvalue weighted by Gasteiger charge is -2.32. The summed E-state index contributed by atoms with van der Waals surface area (Å²) in [6, 6.07) is 9.51. The summed E-state index contributed by atoms with van der Waals surface area (Å²) in [5.74, 6) is -0.0683. The normalized spacial score (nSPS) is 20.4. The van der Waals surface area contributed by atoms with Crippen LogP contribution in [-0.4, -0.2) is 78.9 Å². The van der Waals surface area contributed by atoms with Crippen molar-refractivity contribution in [2.75, 3.05) is 39.8 Å². The van der Waals surface area contributed by atoms with E-state index in [9.17, 15) is 14.1 Å². The number of aliphatic hydroxyl groups excluding tert-OH is 1. The quantitative estimate of drug-likeness (QED) is 0.617. The molecule has 0 saturated carbocycles. The second-order valence-electron chi connectivity index (χ2n) is 10.00. The molecule has 0 radical (unpaired) electrons. The number of piperazine rings is 1. The zero-order valence-corrected chi connectivity index (χ0v) is 22.7. The summed E-state index contributed by atoms with van der Waals surface area (Å²) in [7, 11) is 0.781. The predicted octanol–water partition coefficient (Wildman–Crippen LogP) is 3.60. The number of hydrogen-bond acceptors (Lipinski definition) is 5. The van der Waals surface area contributed by atoms with Crippen LogP contribution in [0.5, 0.6) is 0 Å². The van der Waals surface area contributed by atoms with Gasteiger partial charge < -0.3 is 14.9 Å². The minimum atomic E-state index is -1.28. The van der Waals surface area contributed by atoms with Crippen molar-refractivity contribution in [1.29, 1.82) is 0 Å². The number of pyridine rings is 1. The molecule has 1 aromatic heterocycles. The van der Waals surface area contributed by atoms with Gasteiger partial charge in [-0.05, 0) is 58.0 Å². The molecule has 1 N–H and O–H groups in total. The lowest BCUT2D eigenvalue weighted by molar-refractivity contribution is 0.0658. The highest BCUT2D eigenvalue weighted by Gasteiger charge is 2.40. The van der Waals surface area contributed by atoms with Crippen LogP contribution in [0.2, 0.25) is 0 Å². The predicted molar refractivity (Wildman–Crippen MR) is 139 cm³/mol. The smallest absolute Gasteiger partial charge is 0.272 e. The van der Waals surface area contributed by atoms with Gasteiger partial charge in [0.15, 0.2) is 0 Å². The second kappa shape index (κ2) is 10.1. The first-order valence-electron chi connectivity index (χ1n) is 11.7. The maximum absolute atomic E-state index is 13.5. The van der Waals surface area contributed by atoms with E-state index < -0.39 is 15.7 Å². The van der Waals surface area contributed by atoms with Gasteiger partial charge >= 0.3 is 0 Å². The molecule has 2 aromatic rings. The van der Waals surface area contributed by atoms with Crippen molar-refractivity contribution in [3.05, 3.63) is 51.6 Å². The molecule has 2 aliphatic rings. The molecule has 1 aromatic carbocycles. The van der Waals surface area contributed by atoms with Gasteiger partial charge in [-0.2, -0.15) is 0 Å². The summed E-state index contributed by atoms with van der Waals surface area (Å²) < 4.78 is 15.9. The molecule has 1 saturated heterocycles. The van der Waals surface area contributed by atoms with Crippen LogP contribution >= 0.6 is 15.9 Å². The molecule has 2 atom stereocenters. The van der Waals surface area contributed by atoms with Crippen LogP contribution in [0.1, 0.15) is 54.8 Å². The van der Waals surface area contributed by atoms with Gasteiger partial charge in [0, 0.05) is 54.9 Å². The van der Waals surface area contributed by atoms with E-state index in [1.165, 1.54) is 0 Å². The molecule has 184 valence electrons. The topological polar surface area (TPSA) is 77.0 Å². The van der Waals surface area contributed by atoms with E-state index in [1.54, 1.807) is 0 Å². The zero-order chi connectivity index (χ0) is 24.6. The fourth-order valence-electron chi connectivity index (χ4n) is 4.61.